The summed E-state index contributed by atoms with van der Waals surface area (Å²) in [4.78, 5) is 25.6. The van der Waals surface area contributed by atoms with Crippen molar-refractivity contribution < 1.29 is 23.8 Å². The van der Waals surface area contributed by atoms with Gasteiger partial charge in [-0.25, -0.2) is 0 Å². The molecule has 2 atom stereocenters. The molecule has 3 rings (SSSR count). The van der Waals surface area contributed by atoms with Crippen molar-refractivity contribution in [2.45, 2.75) is 25.4 Å². The second kappa shape index (κ2) is 5.23. The van der Waals surface area contributed by atoms with Gasteiger partial charge in [0.2, 0.25) is 11.4 Å². The molecule has 0 saturated heterocycles. The molecule has 2 aliphatic rings. The Morgan fingerprint density at radius 1 is 1.30 bits per heavy atom. The number of ether oxygens (including phenoxy) is 3. The Morgan fingerprint density at radius 2 is 1.96 bits per heavy atom. The van der Waals surface area contributed by atoms with Crippen LogP contribution in [0, 0.1) is 11.3 Å². The van der Waals surface area contributed by atoms with Gasteiger partial charge in [0.1, 0.15) is 22.1 Å². The van der Waals surface area contributed by atoms with E-state index >= 15 is 0 Å². The maximum Gasteiger partial charge on any atom is 0.232 e. The van der Waals surface area contributed by atoms with E-state index in [-0.39, 0.29) is 28.5 Å². The topological polar surface area (TPSA) is 85.7 Å². The minimum absolute atomic E-state index is 0.0961. The zero-order valence-electron chi connectivity index (χ0n) is 13.0. The molecule has 0 aromatic heterocycles. The second-order valence-corrected chi connectivity index (χ2v) is 6.15. The van der Waals surface area contributed by atoms with Gasteiger partial charge in [-0.05, 0) is 6.42 Å². The second-order valence-electron chi connectivity index (χ2n) is 5.77. The number of hydrogen-bond donors (Lipinski definition) is 1. The van der Waals surface area contributed by atoms with E-state index in [2.05, 4.69) is 0 Å². The van der Waals surface area contributed by atoms with Gasteiger partial charge in [-0.15, -0.1) is 0 Å². The number of halogens is 1. The van der Waals surface area contributed by atoms with Gasteiger partial charge in [0.15, 0.2) is 11.5 Å². The van der Waals surface area contributed by atoms with E-state index in [0.717, 1.165) is 0 Å². The molecular weight excluding hydrogens is 322 g/mol. The van der Waals surface area contributed by atoms with E-state index in [4.69, 9.17) is 31.2 Å². The highest BCUT2D eigenvalue weighted by Crippen LogP contribution is 2.52. The van der Waals surface area contributed by atoms with Crippen molar-refractivity contribution in [2.75, 3.05) is 14.2 Å². The fourth-order valence-corrected chi connectivity index (χ4v) is 3.56. The van der Waals surface area contributed by atoms with Crippen molar-refractivity contribution in [3.63, 3.8) is 0 Å². The van der Waals surface area contributed by atoms with Crippen LogP contribution in [-0.2, 0) is 4.79 Å². The van der Waals surface area contributed by atoms with E-state index in [1.54, 1.807) is 6.92 Å². The summed E-state index contributed by atoms with van der Waals surface area (Å²) in [6.45, 7) is 1.73. The van der Waals surface area contributed by atoms with Gasteiger partial charge in [-0.2, -0.15) is 0 Å². The molecule has 1 aromatic carbocycles. The first kappa shape index (κ1) is 15.8. The number of carbonyl (C=O) groups excluding carboxylic acids is 2. The number of ketones is 2. The van der Waals surface area contributed by atoms with Crippen molar-refractivity contribution in [3.05, 3.63) is 16.7 Å². The third-order valence-corrected chi connectivity index (χ3v) is 4.81. The lowest BCUT2D eigenvalue weighted by molar-refractivity contribution is -0.133. The molecule has 1 aliphatic carbocycles. The number of fused-ring (bicyclic) bond motifs is 1. The Balaban J connectivity index is 2.21. The summed E-state index contributed by atoms with van der Waals surface area (Å²) in [5.41, 5.74) is -1.17. The van der Waals surface area contributed by atoms with Crippen LogP contribution >= 0.6 is 11.6 Å². The lowest BCUT2D eigenvalue weighted by atomic mass is 9.71. The molecule has 23 heavy (non-hydrogen) atoms. The molecule has 1 fully saturated rings. The van der Waals surface area contributed by atoms with Crippen LogP contribution in [0.15, 0.2) is 6.07 Å². The minimum Gasteiger partial charge on any atom is -0.496 e. The molecule has 1 aromatic rings. The number of methoxy groups -OCH3 is 2. The third-order valence-electron chi connectivity index (χ3n) is 4.45. The first-order chi connectivity index (χ1) is 10.9. The molecule has 1 spiro atoms. The summed E-state index contributed by atoms with van der Waals surface area (Å²) in [6, 6.07) is 1.50. The van der Waals surface area contributed by atoms with Crippen LogP contribution in [0.3, 0.4) is 0 Å². The average molecular weight is 338 g/mol. The summed E-state index contributed by atoms with van der Waals surface area (Å²) in [7, 11) is 2.86. The standard InChI is InChI=1S/C16H16ClNO5/c1-7-4-8(18)5-11(19)16(7)15(20)12-9(21-2)6-10(22-3)13(17)14(12)23-16/h6-7,18H,4-5H2,1-3H3/t7-,16+/m1/s1. The molecule has 1 N–H and O–H groups in total. The van der Waals surface area contributed by atoms with Gasteiger partial charge in [0, 0.05) is 24.1 Å². The third kappa shape index (κ3) is 1.97. The zero-order chi connectivity index (χ0) is 16.9. The first-order valence-corrected chi connectivity index (χ1v) is 7.52. The van der Waals surface area contributed by atoms with Crippen LogP contribution in [0.2, 0.25) is 5.02 Å². The monoisotopic (exact) mass is 337 g/mol. The SMILES string of the molecule is COc1cc(OC)c2c(c1Cl)O[C@@]1(C(=O)CC(=N)C[C@H]1C)C2=O. The van der Waals surface area contributed by atoms with Gasteiger partial charge >= 0.3 is 0 Å². The number of nitrogens with one attached hydrogen (secondary N) is 1. The molecular formula is C16H16ClNO5. The highest BCUT2D eigenvalue weighted by molar-refractivity contribution is 6.36. The quantitative estimate of drug-likeness (QED) is 0.838. The summed E-state index contributed by atoms with van der Waals surface area (Å²) >= 11 is 6.26. The molecule has 6 nitrogen and oxygen atoms in total. The molecule has 0 radical (unpaired) electrons. The van der Waals surface area contributed by atoms with E-state index in [0.29, 0.717) is 17.9 Å². The van der Waals surface area contributed by atoms with Crippen LogP contribution in [0.1, 0.15) is 30.1 Å². The predicted molar refractivity (Wildman–Crippen MR) is 83.4 cm³/mol. The van der Waals surface area contributed by atoms with E-state index in [1.165, 1.54) is 20.3 Å². The van der Waals surface area contributed by atoms with Gasteiger partial charge in [0.05, 0.1) is 14.2 Å². The van der Waals surface area contributed by atoms with Crippen LogP contribution in [0.25, 0.3) is 0 Å². The fraction of sp³-hybridized carbons (Fsp3) is 0.438. The van der Waals surface area contributed by atoms with Crippen molar-refractivity contribution in [2.24, 2.45) is 5.92 Å². The van der Waals surface area contributed by atoms with Crippen molar-refractivity contribution in [1.82, 2.24) is 0 Å². The molecule has 0 unspecified atom stereocenters. The number of carbonyl (C=O) groups is 2. The van der Waals surface area contributed by atoms with Gasteiger partial charge in [0.25, 0.3) is 0 Å². The molecule has 0 bridgehead atoms. The minimum atomic E-state index is -1.63. The van der Waals surface area contributed by atoms with E-state index < -0.39 is 23.1 Å². The van der Waals surface area contributed by atoms with Gasteiger partial charge in [-0.3, -0.25) is 9.59 Å². The van der Waals surface area contributed by atoms with Crippen LogP contribution < -0.4 is 14.2 Å². The zero-order valence-corrected chi connectivity index (χ0v) is 13.7. The Labute approximate surface area is 138 Å². The Hall–Kier alpha value is -2.08. The van der Waals surface area contributed by atoms with E-state index in [1.807, 2.05) is 0 Å². The number of Topliss-reactive ketones (excluding diaryl/α,β-unsaturated/α-hetero) is 2. The van der Waals surface area contributed by atoms with Crippen molar-refractivity contribution >= 4 is 28.9 Å². The Morgan fingerprint density at radius 3 is 2.52 bits per heavy atom. The van der Waals surface area contributed by atoms with Crippen LogP contribution in [0.4, 0.5) is 0 Å². The normalized spacial score (nSPS) is 26.3. The fourth-order valence-electron chi connectivity index (χ4n) is 3.29. The molecule has 0 amide bonds. The van der Waals surface area contributed by atoms with E-state index in [9.17, 15) is 9.59 Å². The van der Waals surface area contributed by atoms with Gasteiger partial charge < -0.3 is 19.6 Å². The number of benzene rings is 1. The average Bonchev–Trinajstić information content (AvgIpc) is 2.82. The summed E-state index contributed by atoms with van der Waals surface area (Å²) in [6.07, 6.45) is 0.226. The number of rotatable bonds is 2. The molecule has 7 heteroatoms. The summed E-state index contributed by atoms with van der Waals surface area (Å²) < 4.78 is 16.3. The summed E-state index contributed by atoms with van der Waals surface area (Å²) in [5.74, 6) is -0.664. The van der Waals surface area contributed by atoms with Crippen LogP contribution in [-0.4, -0.2) is 37.1 Å². The van der Waals surface area contributed by atoms with Gasteiger partial charge in [-0.1, -0.05) is 18.5 Å². The predicted octanol–water partition coefficient (Wildman–Crippen LogP) is 2.69. The largest absolute Gasteiger partial charge is 0.496 e. The maximum absolute atomic E-state index is 13.0. The molecule has 1 aliphatic heterocycles. The Bertz CT molecular complexity index is 744. The van der Waals surface area contributed by atoms with Crippen molar-refractivity contribution in [1.29, 1.82) is 5.41 Å². The van der Waals surface area contributed by atoms with Crippen LogP contribution in [0.5, 0.6) is 17.2 Å². The first-order valence-electron chi connectivity index (χ1n) is 7.14. The number of hydrogen-bond acceptors (Lipinski definition) is 6. The molecule has 1 heterocycles. The molecule has 122 valence electrons. The maximum atomic E-state index is 13.0. The molecule has 1 saturated carbocycles. The lowest BCUT2D eigenvalue weighted by Gasteiger charge is -2.35. The highest BCUT2D eigenvalue weighted by Gasteiger charge is 2.61. The lowest BCUT2D eigenvalue weighted by Crippen LogP contribution is -2.57. The van der Waals surface area contributed by atoms with Crippen molar-refractivity contribution in [3.8, 4) is 17.2 Å². The highest BCUT2D eigenvalue weighted by atomic mass is 35.5. The smallest absolute Gasteiger partial charge is 0.232 e. The Kier molecular flexibility index (Phi) is 3.59. The summed E-state index contributed by atoms with van der Waals surface area (Å²) in [5, 5.41) is 7.88.